The zero-order chi connectivity index (χ0) is 10.6. The summed E-state index contributed by atoms with van der Waals surface area (Å²) in [5.74, 6) is 0.714. The maximum atomic E-state index is 10.2. The summed E-state index contributed by atoms with van der Waals surface area (Å²) in [6.07, 6.45) is 1.54. The van der Waals surface area contributed by atoms with Crippen LogP contribution < -0.4 is 4.74 Å². The molecular weight excluding hydrogens is 246 g/mol. The standard InChI is InChI=1S/C10H10BrNO2/c1-7(12-6-13)10-8(11)4-3-5-9(10)14-2/h3-5,7H,1-2H3. The fourth-order valence-electron chi connectivity index (χ4n) is 1.24. The van der Waals surface area contributed by atoms with Gasteiger partial charge in [0.05, 0.1) is 13.2 Å². The average molecular weight is 256 g/mol. The first-order chi connectivity index (χ1) is 6.70. The fourth-order valence-corrected chi connectivity index (χ4v) is 1.92. The highest BCUT2D eigenvalue weighted by Crippen LogP contribution is 2.33. The number of hydrogen-bond donors (Lipinski definition) is 0. The lowest BCUT2D eigenvalue weighted by atomic mass is 10.1. The molecule has 1 rings (SSSR count). The summed E-state index contributed by atoms with van der Waals surface area (Å²) >= 11 is 3.39. The van der Waals surface area contributed by atoms with Crippen LogP contribution in [-0.2, 0) is 4.79 Å². The van der Waals surface area contributed by atoms with E-state index < -0.39 is 0 Å². The van der Waals surface area contributed by atoms with Crippen LogP contribution in [0.5, 0.6) is 5.75 Å². The Bertz CT molecular complexity index is 372. The van der Waals surface area contributed by atoms with Gasteiger partial charge in [0.1, 0.15) is 5.75 Å². The monoisotopic (exact) mass is 255 g/mol. The number of isocyanates is 1. The van der Waals surface area contributed by atoms with E-state index in [9.17, 15) is 4.79 Å². The molecule has 0 aliphatic carbocycles. The summed E-state index contributed by atoms with van der Waals surface area (Å²) in [6, 6.07) is 5.33. The minimum Gasteiger partial charge on any atom is -0.496 e. The van der Waals surface area contributed by atoms with Crippen molar-refractivity contribution in [3.8, 4) is 5.75 Å². The summed E-state index contributed by atoms with van der Waals surface area (Å²) in [5.41, 5.74) is 0.860. The summed E-state index contributed by atoms with van der Waals surface area (Å²) in [7, 11) is 1.59. The van der Waals surface area contributed by atoms with E-state index in [-0.39, 0.29) is 6.04 Å². The van der Waals surface area contributed by atoms with E-state index >= 15 is 0 Å². The first-order valence-corrected chi connectivity index (χ1v) is 4.89. The molecule has 1 aromatic carbocycles. The van der Waals surface area contributed by atoms with Crippen LogP contribution >= 0.6 is 15.9 Å². The van der Waals surface area contributed by atoms with Crippen LogP contribution in [0.3, 0.4) is 0 Å². The van der Waals surface area contributed by atoms with Gasteiger partial charge >= 0.3 is 0 Å². The normalized spacial score (nSPS) is 11.6. The Kier molecular flexibility index (Phi) is 3.86. The topological polar surface area (TPSA) is 38.7 Å². The maximum Gasteiger partial charge on any atom is 0.235 e. The number of halogens is 1. The van der Waals surface area contributed by atoms with E-state index in [1.165, 1.54) is 0 Å². The van der Waals surface area contributed by atoms with Gasteiger partial charge < -0.3 is 4.74 Å². The molecule has 0 radical (unpaired) electrons. The summed E-state index contributed by atoms with van der Waals surface area (Å²) in [5, 5.41) is 0. The molecule has 1 aromatic rings. The number of nitrogens with zero attached hydrogens (tertiary/aromatic N) is 1. The number of aliphatic imine (C=N–C) groups is 1. The van der Waals surface area contributed by atoms with Crippen molar-refractivity contribution in [1.82, 2.24) is 0 Å². The van der Waals surface area contributed by atoms with Gasteiger partial charge in [-0.05, 0) is 19.1 Å². The number of carbonyl (C=O) groups excluding carboxylic acids is 1. The molecule has 4 heteroatoms. The van der Waals surface area contributed by atoms with Crippen LogP contribution in [-0.4, -0.2) is 13.2 Å². The van der Waals surface area contributed by atoms with E-state index in [4.69, 9.17) is 4.74 Å². The Hall–Kier alpha value is -1.12. The van der Waals surface area contributed by atoms with Crippen molar-refractivity contribution in [2.75, 3.05) is 7.11 Å². The molecule has 0 saturated heterocycles. The molecule has 0 saturated carbocycles. The Morgan fingerprint density at radius 3 is 2.86 bits per heavy atom. The molecule has 1 atom stereocenters. The lowest BCUT2D eigenvalue weighted by molar-refractivity contribution is 0.406. The van der Waals surface area contributed by atoms with Crippen molar-refractivity contribution in [3.05, 3.63) is 28.2 Å². The van der Waals surface area contributed by atoms with Gasteiger partial charge in [0, 0.05) is 10.0 Å². The van der Waals surface area contributed by atoms with Gasteiger partial charge in [-0.3, -0.25) is 0 Å². The fraction of sp³-hybridized carbons (Fsp3) is 0.300. The zero-order valence-electron chi connectivity index (χ0n) is 7.95. The van der Waals surface area contributed by atoms with Gasteiger partial charge in [-0.2, -0.15) is 4.99 Å². The Labute approximate surface area is 90.9 Å². The minimum atomic E-state index is -0.252. The Morgan fingerprint density at radius 2 is 2.29 bits per heavy atom. The second kappa shape index (κ2) is 4.94. The van der Waals surface area contributed by atoms with Crippen molar-refractivity contribution in [3.63, 3.8) is 0 Å². The lowest BCUT2D eigenvalue weighted by Gasteiger charge is -2.12. The van der Waals surface area contributed by atoms with Crippen molar-refractivity contribution in [2.24, 2.45) is 4.99 Å². The molecule has 0 fully saturated rings. The van der Waals surface area contributed by atoms with Crippen LogP contribution in [0.15, 0.2) is 27.7 Å². The zero-order valence-corrected chi connectivity index (χ0v) is 9.54. The second-order valence-corrected chi connectivity index (χ2v) is 3.61. The number of ether oxygens (including phenoxy) is 1. The molecule has 14 heavy (non-hydrogen) atoms. The van der Waals surface area contributed by atoms with Gasteiger partial charge in [-0.1, -0.05) is 22.0 Å². The van der Waals surface area contributed by atoms with Crippen molar-refractivity contribution in [1.29, 1.82) is 0 Å². The first kappa shape index (κ1) is 11.0. The third-order valence-electron chi connectivity index (χ3n) is 1.90. The summed E-state index contributed by atoms with van der Waals surface area (Å²) in [6.45, 7) is 1.81. The van der Waals surface area contributed by atoms with Crippen molar-refractivity contribution < 1.29 is 9.53 Å². The molecule has 0 heterocycles. The predicted octanol–water partition coefficient (Wildman–Crippen LogP) is 2.85. The Morgan fingerprint density at radius 1 is 1.57 bits per heavy atom. The maximum absolute atomic E-state index is 10.2. The van der Waals surface area contributed by atoms with Gasteiger partial charge in [0.15, 0.2) is 0 Å². The highest BCUT2D eigenvalue weighted by molar-refractivity contribution is 9.10. The highest BCUT2D eigenvalue weighted by Gasteiger charge is 2.13. The number of methoxy groups -OCH3 is 1. The molecule has 0 aromatic heterocycles. The van der Waals surface area contributed by atoms with Crippen LogP contribution in [0.25, 0.3) is 0 Å². The SMILES string of the molecule is COc1cccc(Br)c1C(C)N=C=O. The third-order valence-corrected chi connectivity index (χ3v) is 2.59. The summed E-state index contributed by atoms with van der Waals surface area (Å²) in [4.78, 5) is 13.8. The number of hydrogen-bond acceptors (Lipinski definition) is 3. The van der Waals surface area contributed by atoms with Crippen LogP contribution in [0.1, 0.15) is 18.5 Å². The molecule has 1 unspecified atom stereocenters. The van der Waals surface area contributed by atoms with E-state index in [2.05, 4.69) is 20.9 Å². The second-order valence-electron chi connectivity index (χ2n) is 2.75. The van der Waals surface area contributed by atoms with Gasteiger partial charge in [0.25, 0.3) is 0 Å². The van der Waals surface area contributed by atoms with E-state index in [0.29, 0.717) is 5.75 Å². The quantitative estimate of drug-likeness (QED) is 0.616. The van der Waals surface area contributed by atoms with Gasteiger partial charge in [-0.25, -0.2) is 4.79 Å². The third kappa shape index (κ3) is 2.22. The van der Waals surface area contributed by atoms with Gasteiger partial charge in [0.2, 0.25) is 6.08 Å². The molecule has 0 aliphatic heterocycles. The minimum absolute atomic E-state index is 0.252. The molecule has 0 bridgehead atoms. The number of rotatable bonds is 3. The van der Waals surface area contributed by atoms with Crippen LogP contribution in [0.2, 0.25) is 0 Å². The molecule has 3 nitrogen and oxygen atoms in total. The van der Waals surface area contributed by atoms with Crippen LogP contribution in [0.4, 0.5) is 0 Å². The molecule has 74 valence electrons. The molecular formula is C10H10BrNO2. The predicted molar refractivity (Wildman–Crippen MR) is 57.2 cm³/mol. The molecule has 0 spiro atoms. The van der Waals surface area contributed by atoms with E-state index in [0.717, 1.165) is 10.0 Å². The average Bonchev–Trinajstić information content (AvgIpc) is 2.17. The van der Waals surface area contributed by atoms with E-state index in [1.807, 2.05) is 25.1 Å². The lowest BCUT2D eigenvalue weighted by Crippen LogP contribution is -1.96. The Balaban J connectivity index is 3.22. The smallest absolute Gasteiger partial charge is 0.235 e. The van der Waals surface area contributed by atoms with Gasteiger partial charge in [-0.15, -0.1) is 0 Å². The largest absolute Gasteiger partial charge is 0.496 e. The molecule has 0 amide bonds. The first-order valence-electron chi connectivity index (χ1n) is 4.10. The van der Waals surface area contributed by atoms with Crippen LogP contribution in [0, 0.1) is 0 Å². The van der Waals surface area contributed by atoms with E-state index in [1.54, 1.807) is 13.2 Å². The highest BCUT2D eigenvalue weighted by atomic mass is 79.9. The summed E-state index contributed by atoms with van der Waals surface area (Å²) < 4.78 is 6.05. The van der Waals surface area contributed by atoms with Crippen molar-refractivity contribution in [2.45, 2.75) is 13.0 Å². The molecule has 0 aliphatic rings. The molecule has 0 N–H and O–H groups in total. The number of benzene rings is 1. The van der Waals surface area contributed by atoms with Crippen molar-refractivity contribution >= 4 is 22.0 Å².